The number of fused-ring (bicyclic) bond motifs is 1. The SMILES string of the molecule is CC1(C)SC[C@H](C(=O)NCCn2ncc3ccccc3c2=O)NC1=O. The van der Waals surface area contributed by atoms with Gasteiger partial charge in [0.05, 0.1) is 22.9 Å². The average Bonchev–Trinajstić information content (AvgIpc) is 2.59. The zero-order valence-electron chi connectivity index (χ0n) is 14.1. The van der Waals surface area contributed by atoms with Gasteiger partial charge in [-0.15, -0.1) is 11.8 Å². The fraction of sp³-hybridized carbons (Fsp3) is 0.412. The van der Waals surface area contributed by atoms with Crippen molar-refractivity contribution in [1.82, 2.24) is 20.4 Å². The molecule has 2 amide bonds. The van der Waals surface area contributed by atoms with E-state index in [1.807, 2.05) is 26.0 Å². The van der Waals surface area contributed by atoms with Gasteiger partial charge in [0.25, 0.3) is 5.56 Å². The van der Waals surface area contributed by atoms with Gasteiger partial charge in [0.2, 0.25) is 11.8 Å². The number of hydrogen-bond donors (Lipinski definition) is 2. The highest BCUT2D eigenvalue weighted by Crippen LogP contribution is 2.28. The molecule has 1 fully saturated rings. The lowest BCUT2D eigenvalue weighted by Gasteiger charge is -2.32. The molecule has 1 aliphatic heterocycles. The van der Waals surface area contributed by atoms with Crippen LogP contribution in [-0.2, 0) is 16.1 Å². The molecule has 0 unspecified atom stereocenters. The first-order valence-corrected chi connectivity index (χ1v) is 9.04. The zero-order valence-corrected chi connectivity index (χ0v) is 14.9. The molecule has 0 radical (unpaired) electrons. The second-order valence-electron chi connectivity index (χ2n) is 6.40. The number of carbonyl (C=O) groups is 2. The van der Waals surface area contributed by atoms with Crippen molar-refractivity contribution in [2.75, 3.05) is 12.3 Å². The van der Waals surface area contributed by atoms with E-state index in [4.69, 9.17) is 0 Å². The van der Waals surface area contributed by atoms with Gasteiger partial charge in [0.1, 0.15) is 6.04 Å². The second kappa shape index (κ2) is 6.87. The molecule has 0 saturated carbocycles. The van der Waals surface area contributed by atoms with Crippen molar-refractivity contribution in [3.8, 4) is 0 Å². The molecule has 1 atom stereocenters. The highest BCUT2D eigenvalue weighted by atomic mass is 32.2. The maximum absolute atomic E-state index is 12.3. The number of rotatable bonds is 4. The van der Waals surface area contributed by atoms with Crippen molar-refractivity contribution >= 4 is 34.3 Å². The zero-order chi connectivity index (χ0) is 18.0. The van der Waals surface area contributed by atoms with Crippen LogP contribution in [0, 0.1) is 0 Å². The minimum Gasteiger partial charge on any atom is -0.352 e. The van der Waals surface area contributed by atoms with Crippen LogP contribution < -0.4 is 16.2 Å². The lowest BCUT2D eigenvalue weighted by molar-refractivity contribution is -0.129. The van der Waals surface area contributed by atoms with Crippen LogP contribution in [0.1, 0.15) is 13.8 Å². The van der Waals surface area contributed by atoms with E-state index in [-0.39, 0.29) is 30.5 Å². The Kier molecular flexibility index (Phi) is 4.80. The van der Waals surface area contributed by atoms with Crippen molar-refractivity contribution in [1.29, 1.82) is 0 Å². The van der Waals surface area contributed by atoms with E-state index in [1.54, 1.807) is 18.3 Å². The van der Waals surface area contributed by atoms with E-state index in [1.165, 1.54) is 16.4 Å². The molecule has 2 N–H and O–H groups in total. The first kappa shape index (κ1) is 17.5. The summed E-state index contributed by atoms with van der Waals surface area (Å²) in [7, 11) is 0. The van der Waals surface area contributed by atoms with Crippen molar-refractivity contribution in [2.45, 2.75) is 31.2 Å². The molecule has 0 spiro atoms. The predicted molar refractivity (Wildman–Crippen MR) is 97.5 cm³/mol. The Morgan fingerprint density at radius 2 is 2.16 bits per heavy atom. The normalized spacial score (nSPS) is 19.4. The van der Waals surface area contributed by atoms with Crippen LogP contribution in [-0.4, -0.2) is 44.7 Å². The van der Waals surface area contributed by atoms with Gasteiger partial charge in [0, 0.05) is 17.7 Å². The van der Waals surface area contributed by atoms with Gasteiger partial charge in [-0.3, -0.25) is 14.4 Å². The Bertz CT molecular complexity index is 878. The summed E-state index contributed by atoms with van der Waals surface area (Å²) in [5.74, 6) is 0.139. The molecular weight excluding hydrogens is 340 g/mol. The average molecular weight is 360 g/mol. The van der Waals surface area contributed by atoms with Crippen LogP contribution in [0.15, 0.2) is 35.3 Å². The molecule has 3 rings (SSSR count). The Morgan fingerprint density at radius 1 is 1.40 bits per heavy atom. The van der Waals surface area contributed by atoms with Gasteiger partial charge in [0.15, 0.2) is 0 Å². The first-order chi connectivity index (χ1) is 11.9. The molecule has 1 aromatic heterocycles. The molecule has 132 valence electrons. The third-order valence-electron chi connectivity index (χ3n) is 4.16. The van der Waals surface area contributed by atoms with Crippen LogP contribution in [0.5, 0.6) is 0 Å². The third kappa shape index (κ3) is 3.68. The van der Waals surface area contributed by atoms with Gasteiger partial charge in [-0.25, -0.2) is 4.68 Å². The molecule has 1 aromatic carbocycles. The predicted octanol–water partition coefficient (Wildman–Crippen LogP) is 0.523. The van der Waals surface area contributed by atoms with Crippen LogP contribution in [0.4, 0.5) is 0 Å². The molecular formula is C17H20N4O3S. The summed E-state index contributed by atoms with van der Waals surface area (Å²) >= 11 is 1.46. The number of hydrogen-bond acceptors (Lipinski definition) is 5. The Morgan fingerprint density at radius 3 is 2.92 bits per heavy atom. The molecule has 0 bridgehead atoms. The van der Waals surface area contributed by atoms with Crippen molar-refractivity contribution in [3.05, 3.63) is 40.8 Å². The minimum absolute atomic E-state index is 0.142. The summed E-state index contributed by atoms with van der Waals surface area (Å²) in [5.41, 5.74) is -0.185. The highest BCUT2D eigenvalue weighted by molar-refractivity contribution is 8.01. The van der Waals surface area contributed by atoms with Crippen molar-refractivity contribution < 1.29 is 9.59 Å². The summed E-state index contributed by atoms with van der Waals surface area (Å²) < 4.78 is 0.818. The van der Waals surface area contributed by atoms with Crippen molar-refractivity contribution in [3.63, 3.8) is 0 Å². The quantitative estimate of drug-likeness (QED) is 0.829. The summed E-state index contributed by atoms with van der Waals surface area (Å²) in [6, 6.07) is 6.70. The molecule has 1 aliphatic rings. The molecule has 2 aromatic rings. The summed E-state index contributed by atoms with van der Waals surface area (Å²) in [6.07, 6.45) is 1.64. The van der Waals surface area contributed by atoms with Crippen LogP contribution in [0.2, 0.25) is 0 Å². The van der Waals surface area contributed by atoms with E-state index in [0.717, 1.165) is 5.39 Å². The number of carbonyl (C=O) groups excluding carboxylic acids is 2. The maximum atomic E-state index is 12.3. The lowest BCUT2D eigenvalue weighted by atomic mass is 10.1. The van der Waals surface area contributed by atoms with Crippen LogP contribution in [0.25, 0.3) is 10.8 Å². The van der Waals surface area contributed by atoms with E-state index in [0.29, 0.717) is 11.1 Å². The van der Waals surface area contributed by atoms with Crippen molar-refractivity contribution in [2.24, 2.45) is 0 Å². The third-order valence-corrected chi connectivity index (χ3v) is 5.57. The maximum Gasteiger partial charge on any atom is 0.274 e. The van der Waals surface area contributed by atoms with Crippen LogP contribution >= 0.6 is 11.8 Å². The fourth-order valence-electron chi connectivity index (χ4n) is 2.57. The summed E-state index contributed by atoms with van der Waals surface area (Å²) in [5, 5.41) is 11.0. The number of thioether (sulfide) groups is 1. The molecule has 0 aliphatic carbocycles. The molecule has 7 nitrogen and oxygen atoms in total. The van der Waals surface area contributed by atoms with Gasteiger partial charge in [-0.2, -0.15) is 5.10 Å². The first-order valence-electron chi connectivity index (χ1n) is 8.06. The molecule has 1 saturated heterocycles. The largest absolute Gasteiger partial charge is 0.352 e. The topological polar surface area (TPSA) is 93.1 Å². The number of nitrogens with zero attached hydrogens (tertiary/aromatic N) is 2. The number of benzene rings is 1. The molecule has 8 heteroatoms. The number of nitrogens with one attached hydrogen (secondary N) is 2. The van der Waals surface area contributed by atoms with Crippen LogP contribution in [0.3, 0.4) is 0 Å². The van der Waals surface area contributed by atoms with E-state index < -0.39 is 10.8 Å². The fourth-order valence-corrected chi connectivity index (χ4v) is 3.58. The highest BCUT2D eigenvalue weighted by Gasteiger charge is 2.37. The monoisotopic (exact) mass is 360 g/mol. The number of amides is 2. The standard InChI is InChI=1S/C17H20N4O3S/c1-17(2)16(24)20-13(10-25-17)14(22)18-7-8-21-15(23)12-6-4-3-5-11(12)9-19-21/h3-6,9,13H,7-8,10H2,1-2H3,(H,18,22)(H,20,24)/t13-/m1/s1. The smallest absolute Gasteiger partial charge is 0.274 e. The van der Waals surface area contributed by atoms with Gasteiger partial charge < -0.3 is 10.6 Å². The molecule has 2 heterocycles. The minimum atomic E-state index is -0.549. The lowest BCUT2D eigenvalue weighted by Crippen LogP contribution is -2.57. The Hall–Kier alpha value is -2.35. The summed E-state index contributed by atoms with van der Waals surface area (Å²) in [4.78, 5) is 36.5. The van der Waals surface area contributed by atoms with Gasteiger partial charge in [-0.1, -0.05) is 18.2 Å². The molecule has 25 heavy (non-hydrogen) atoms. The van der Waals surface area contributed by atoms with E-state index in [9.17, 15) is 14.4 Å². The van der Waals surface area contributed by atoms with Gasteiger partial charge in [-0.05, 0) is 19.9 Å². The Balaban J connectivity index is 1.58. The Labute approximate surface area is 149 Å². The second-order valence-corrected chi connectivity index (χ2v) is 8.04. The van der Waals surface area contributed by atoms with E-state index >= 15 is 0 Å². The van der Waals surface area contributed by atoms with Gasteiger partial charge >= 0.3 is 0 Å². The van der Waals surface area contributed by atoms with E-state index in [2.05, 4.69) is 15.7 Å². The number of aromatic nitrogens is 2. The summed E-state index contributed by atoms with van der Waals surface area (Å²) in [6.45, 7) is 4.21.